The molecule has 8 nitrogen and oxygen atoms in total. The fourth-order valence-electron chi connectivity index (χ4n) is 5.10. The van der Waals surface area contributed by atoms with E-state index in [1.54, 1.807) is 24.4 Å². The van der Waals surface area contributed by atoms with Crippen LogP contribution >= 0.6 is 0 Å². The summed E-state index contributed by atoms with van der Waals surface area (Å²) in [7, 11) is 0. The van der Waals surface area contributed by atoms with Crippen molar-refractivity contribution < 1.29 is 14.2 Å². The Labute approximate surface area is 263 Å². The number of ether oxygens (including phenoxy) is 3. The van der Waals surface area contributed by atoms with Crippen LogP contribution in [-0.2, 0) is 6.61 Å². The Balaban J connectivity index is 1.57. The summed E-state index contributed by atoms with van der Waals surface area (Å²) in [5.74, 6) is 2.54. The van der Waals surface area contributed by atoms with Crippen molar-refractivity contribution in [2.45, 2.75) is 47.1 Å². The summed E-state index contributed by atoms with van der Waals surface area (Å²) in [5.41, 5.74) is 5.14. The Morgan fingerprint density at radius 3 is 2.40 bits per heavy atom. The molecule has 0 unspecified atom stereocenters. The van der Waals surface area contributed by atoms with Crippen molar-refractivity contribution in [3.05, 3.63) is 117 Å². The molecule has 0 atom stereocenters. The van der Waals surface area contributed by atoms with Crippen LogP contribution in [-0.4, -0.2) is 29.1 Å². The number of nitrogens with zero attached hydrogens (tertiary/aromatic N) is 4. The van der Waals surface area contributed by atoms with Gasteiger partial charge in [-0.3, -0.25) is 4.79 Å². The highest BCUT2D eigenvalue weighted by atomic mass is 16.5. The first kappa shape index (κ1) is 31.0. The molecule has 0 aliphatic carbocycles. The Bertz CT molecular complexity index is 1970. The highest BCUT2D eigenvalue weighted by Gasteiger charge is 2.19. The predicted octanol–water partition coefficient (Wildman–Crippen LogP) is 7.63. The van der Waals surface area contributed by atoms with Gasteiger partial charge in [-0.2, -0.15) is 15.0 Å². The number of para-hydroxylation sites is 1. The topological polar surface area (TPSA) is 98.7 Å². The van der Waals surface area contributed by atoms with Crippen molar-refractivity contribution in [2.75, 3.05) is 13.2 Å². The van der Waals surface area contributed by atoms with Gasteiger partial charge in [-0.1, -0.05) is 44.2 Å². The Morgan fingerprint density at radius 1 is 0.911 bits per heavy atom. The van der Waals surface area contributed by atoms with Gasteiger partial charge in [-0.25, -0.2) is 4.98 Å². The normalized spacial score (nSPS) is 11.2. The van der Waals surface area contributed by atoms with Crippen LogP contribution in [0.2, 0.25) is 0 Å². The number of aryl methyl sites for hydroxylation is 1. The van der Waals surface area contributed by atoms with Gasteiger partial charge in [0.15, 0.2) is 17.3 Å². The first-order valence-corrected chi connectivity index (χ1v) is 15.1. The van der Waals surface area contributed by atoms with E-state index in [-0.39, 0.29) is 18.1 Å². The summed E-state index contributed by atoms with van der Waals surface area (Å²) in [5, 5.41) is 14.6. The molecule has 0 saturated carbocycles. The summed E-state index contributed by atoms with van der Waals surface area (Å²) < 4.78 is 19.2. The quantitative estimate of drug-likeness (QED) is 0.145. The van der Waals surface area contributed by atoms with Gasteiger partial charge in [0.25, 0.3) is 5.56 Å². The zero-order chi connectivity index (χ0) is 31.9. The molecule has 1 heterocycles. The Hall–Kier alpha value is -5.42. The lowest BCUT2D eigenvalue weighted by Gasteiger charge is -2.18. The standard InChI is InChI=1S/C37H36N4O4/c1-6-43-34-18-25(5)31(20-30(34)24(3)4)36-40-32-15-11-10-14-29(32)37(42)41(36)39-22-26-16-17-33(35(19-26)44-7-2)45-23-28-13-9-8-12-27(28)21-38/h8-20,22,24H,6-7,23H2,1-5H3. The maximum absolute atomic E-state index is 13.9. The molecule has 0 amide bonds. The summed E-state index contributed by atoms with van der Waals surface area (Å²) in [4.78, 5) is 18.8. The maximum atomic E-state index is 13.9. The monoisotopic (exact) mass is 600 g/mol. The van der Waals surface area contributed by atoms with Crippen LogP contribution in [0.1, 0.15) is 61.4 Å². The van der Waals surface area contributed by atoms with Crippen LogP contribution in [0.25, 0.3) is 22.3 Å². The minimum atomic E-state index is -0.271. The number of nitriles is 1. The van der Waals surface area contributed by atoms with Gasteiger partial charge >= 0.3 is 0 Å². The molecule has 0 saturated heterocycles. The van der Waals surface area contributed by atoms with Gasteiger partial charge in [0.2, 0.25) is 0 Å². The number of fused-ring (bicyclic) bond motifs is 1. The minimum absolute atomic E-state index is 0.195. The van der Waals surface area contributed by atoms with E-state index in [4.69, 9.17) is 19.2 Å². The van der Waals surface area contributed by atoms with E-state index in [1.807, 2.05) is 75.4 Å². The van der Waals surface area contributed by atoms with Crippen molar-refractivity contribution >= 4 is 17.1 Å². The van der Waals surface area contributed by atoms with Crippen LogP contribution in [0.15, 0.2) is 88.8 Å². The second-order valence-electron chi connectivity index (χ2n) is 10.8. The Morgan fingerprint density at radius 2 is 1.64 bits per heavy atom. The number of rotatable bonds is 11. The summed E-state index contributed by atoms with van der Waals surface area (Å²) in [6.07, 6.45) is 1.62. The summed E-state index contributed by atoms with van der Waals surface area (Å²) >= 11 is 0. The largest absolute Gasteiger partial charge is 0.494 e. The lowest BCUT2D eigenvalue weighted by Crippen LogP contribution is -2.21. The highest BCUT2D eigenvalue weighted by molar-refractivity contribution is 5.83. The first-order chi connectivity index (χ1) is 21.8. The molecule has 228 valence electrons. The number of benzene rings is 4. The van der Waals surface area contributed by atoms with Crippen molar-refractivity contribution in [1.29, 1.82) is 5.26 Å². The smallest absolute Gasteiger partial charge is 0.282 e. The van der Waals surface area contributed by atoms with Crippen LogP contribution < -0.4 is 19.8 Å². The van der Waals surface area contributed by atoms with E-state index in [9.17, 15) is 10.1 Å². The molecule has 8 heteroatoms. The van der Waals surface area contributed by atoms with E-state index >= 15 is 0 Å². The van der Waals surface area contributed by atoms with Crippen LogP contribution in [0.4, 0.5) is 0 Å². The molecular formula is C37H36N4O4. The fourth-order valence-corrected chi connectivity index (χ4v) is 5.10. The molecular weight excluding hydrogens is 564 g/mol. The van der Waals surface area contributed by atoms with Crippen molar-refractivity contribution in [3.8, 4) is 34.7 Å². The van der Waals surface area contributed by atoms with Gasteiger partial charge in [0.05, 0.1) is 42.0 Å². The molecule has 4 aromatic carbocycles. The molecule has 0 aliphatic rings. The first-order valence-electron chi connectivity index (χ1n) is 15.1. The summed E-state index contributed by atoms with van der Waals surface area (Å²) in [6.45, 7) is 11.3. The SMILES string of the molecule is CCOc1cc(C=Nn2c(-c3cc(C(C)C)c(OCC)cc3C)nc3ccccc3c2=O)ccc1OCc1ccccc1C#N. The average Bonchev–Trinajstić information content (AvgIpc) is 3.04. The molecule has 0 fully saturated rings. The molecule has 0 aliphatic heterocycles. The number of hydrogen-bond acceptors (Lipinski definition) is 7. The lowest BCUT2D eigenvalue weighted by molar-refractivity contribution is 0.269. The minimum Gasteiger partial charge on any atom is -0.494 e. The molecule has 0 bridgehead atoms. The molecule has 5 aromatic rings. The maximum Gasteiger partial charge on any atom is 0.282 e. The Kier molecular flexibility index (Phi) is 9.59. The molecule has 0 N–H and O–H groups in total. The predicted molar refractivity (Wildman–Crippen MR) is 178 cm³/mol. The fraction of sp³-hybridized carbons (Fsp3) is 0.243. The van der Waals surface area contributed by atoms with Gasteiger partial charge < -0.3 is 14.2 Å². The third kappa shape index (κ3) is 6.73. The van der Waals surface area contributed by atoms with Crippen LogP contribution in [0.5, 0.6) is 17.2 Å². The molecule has 1 aromatic heterocycles. The van der Waals surface area contributed by atoms with E-state index in [1.165, 1.54) is 4.68 Å². The van der Waals surface area contributed by atoms with Gasteiger partial charge in [0, 0.05) is 11.1 Å². The molecule has 5 rings (SSSR count). The van der Waals surface area contributed by atoms with E-state index in [0.29, 0.717) is 52.6 Å². The third-order valence-electron chi connectivity index (χ3n) is 7.38. The van der Waals surface area contributed by atoms with E-state index in [2.05, 4.69) is 31.1 Å². The van der Waals surface area contributed by atoms with Gasteiger partial charge in [-0.05, 0) is 91.9 Å². The van der Waals surface area contributed by atoms with Crippen molar-refractivity contribution in [3.63, 3.8) is 0 Å². The zero-order valence-corrected chi connectivity index (χ0v) is 26.2. The zero-order valence-electron chi connectivity index (χ0n) is 26.2. The van der Waals surface area contributed by atoms with Crippen molar-refractivity contribution in [2.24, 2.45) is 5.10 Å². The summed E-state index contributed by atoms with van der Waals surface area (Å²) in [6, 6.07) is 26.3. The van der Waals surface area contributed by atoms with Gasteiger partial charge in [0.1, 0.15) is 12.4 Å². The third-order valence-corrected chi connectivity index (χ3v) is 7.38. The second-order valence-corrected chi connectivity index (χ2v) is 10.8. The molecule has 45 heavy (non-hydrogen) atoms. The van der Waals surface area contributed by atoms with E-state index in [0.717, 1.165) is 28.0 Å². The van der Waals surface area contributed by atoms with E-state index < -0.39 is 0 Å². The molecule has 0 spiro atoms. The van der Waals surface area contributed by atoms with Crippen LogP contribution in [0, 0.1) is 18.3 Å². The number of hydrogen-bond donors (Lipinski definition) is 0. The van der Waals surface area contributed by atoms with Crippen molar-refractivity contribution in [1.82, 2.24) is 9.66 Å². The lowest BCUT2D eigenvalue weighted by atomic mass is 9.96. The highest BCUT2D eigenvalue weighted by Crippen LogP contribution is 2.34. The average molecular weight is 601 g/mol. The molecule has 0 radical (unpaired) electrons. The second kappa shape index (κ2) is 13.9. The van der Waals surface area contributed by atoms with Gasteiger partial charge in [-0.15, -0.1) is 0 Å². The van der Waals surface area contributed by atoms with Crippen LogP contribution in [0.3, 0.4) is 0 Å². The number of aromatic nitrogens is 2.